The van der Waals surface area contributed by atoms with Crippen molar-refractivity contribution in [2.75, 3.05) is 31.2 Å². The van der Waals surface area contributed by atoms with Crippen LogP contribution in [-0.4, -0.2) is 36.3 Å². The van der Waals surface area contributed by atoms with E-state index in [0.29, 0.717) is 18.8 Å². The fraction of sp³-hybridized carbons (Fsp3) is 0.208. The Bertz CT molecular complexity index is 1280. The summed E-state index contributed by atoms with van der Waals surface area (Å²) >= 11 is 1.54. The van der Waals surface area contributed by atoms with Crippen LogP contribution < -0.4 is 4.90 Å². The molecule has 0 saturated carbocycles. The van der Waals surface area contributed by atoms with Crippen LogP contribution in [0.4, 0.5) is 5.82 Å². The highest BCUT2D eigenvalue weighted by Crippen LogP contribution is 2.31. The lowest BCUT2D eigenvalue weighted by Crippen LogP contribution is -2.37. The molecule has 5 rings (SSSR count). The number of pyridine rings is 1. The van der Waals surface area contributed by atoms with Crippen LogP contribution in [0.2, 0.25) is 0 Å². The minimum absolute atomic E-state index is 0.555. The van der Waals surface area contributed by atoms with Gasteiger partial charge in [0, 0.05) is 24.0 Å². The van der Waals surface area contributed by atoms with Gasteiger partial charge in [-0.05, 0) is 42.8 Å². The monoisotopic (exact) mass is 412 g/mol. The maximum Gasteiger partial charge on any atom is 0.136 e. The lowest BCUT2D eigenvalue weighted by Gasteiger charge is -2.29. The summed E-state index contributed by atoms with van der Waals surface area (Å²) in [6.45, 7) is 5.01. The zero-order valence-corrected chi connectivity index (χ0v) is 17.4. The maximum absolute atomic E-state index is 9.91. The zero-order chi connectivity index (χ0) is 20.5. The molecule has 0 bridgehead atoms. The summed E-state index contributed by atoms with van der Waals surface area (Å²) < 4.78 is 6.61. The highest BCUT2D eigenvalue weighted by molar-refractivity contribution is 7.19. The molecule has 2 aromatic carbocycles. The summed E-state index contributed by atoms with van der Waals surface area (Å²) in [5.74, 6) is 0.894. The van der Waals surface area contributed by atoms with E-state index in [2.05, 4.69) is 47.1 Å². The van der Waals surface area contributed by atoms with E-state index < -0.39 is 0 Å². The largest absolute Gasteiger partial charge is 0.378 e. The summed E-state index contributed by atoms with van der Waals surface area (Å²) in [5, 5.41) is 11.7. The molecule has 148 valence electrons. The van der Waals surface area contributed by atoms with Gasteiger partial charge in [-0.3, -0.25) is 0 Å². The van der Waals surface area contributed by atoms with Gasteiger partial charge < -0.3 is 9.64 Å². The van der Waals surface area contributed by atoms with Crippen LogP contribution in [0.3, 0.4) is 0 Å². The van der Waals surface area contributed by atoms with Crippen molar-refractivity contribution >= 4 is 49.9 Å². The number of rotatable bonds is 3. The van der Waals surface area contributed by atoms with Crippen LogP contribution in [0.15, 0.2) is 48.5 Å². The molecule has 1 fully saturated rings. The molecule has 0 unspecified atom stereocenters. The molecule has 0 aliphatic carbocycles. The van der Waals surface area contributed by atoms with Gasteiger partial charge in [0.15, 0.2) is 0 Å². The standard InChI is InChI=1S/C24H20N4OS/c1-16-6-7-17-13-18(23(26-21(17)12-16)28-8-10-29-11-9-28)14-19(15-25)24-27-20-4-2-3-5-22(20)30-24/h2-7,12-14H,8-11H2,1H3. The summed E-state index contributed by atoms with van der Waals surface area (Å²) in [4.78, 5) is 11.9. The van der Waals surface area contributed by atoms with Gasteiger partial charge in [-0.25, -0.2) is 9.97 Å². The predicted octanol–water partition coefficient (Wildman–Crippen LogP) is 5.05. The van der Waals surface area contributed by atoms with Gasteiger partial charge in [-0.2, -0.15) is 5.26 Å². The molecule has 1 saturated heterocycles. The van der Waals surface area contributed by atoms with Gasteiger partial charge in [0.25, 0.3) is 0 Å². The van der Waals surface area contributed by atoms with Crippen LogP contribution in [0.5, 0.6) is 0 Å². The van der Waals surface area contributed by atoms with Gasteiger partial charge in [-0.15, -0.1) is 11.3 Å². The number of thiazole rings is 1. The van der Waals surface area contributed by atoms with Crippen molar-refractivity contribution in [3.05, 3.63) is 64.7 Å². The van der Waals surface area contributed by atoms with Crippen molar-refractivity contribution < 1.29 is 4.74 Å². The van der Waals surface area contributed by atoms with Crippen molar-refractivity contribution in [2.24, 2.45) is 0 Å². The third kappa shape index (κ3) is 3.54. The maximum atomic E-state index is 9.91. The number of aryl methyl sites for hydroxylation is 1. The number of hydrogen-bond acceptors (Lipinski definition) is 6. The molecular formula is C24H20N4OS. The number of allylic oxidation sites excluding steroid dienone is 1. The summed E-state index contributed by atoms with van der Waals surface area (Å²) in [7, 11) is 0. The van der Waals surface area contributed by atoms with E-state index >= 15 is 0 Å². The Morgan fingerprint density at radius 1 is 1.10 bits per heavy atom. The van der Waals surface area contributed by atoms with E-state index in [1.165, 1.54) is 5.56 Å². The fourth-order valence-electron chi connectivity index (χ4n) is 3.70. The Morgan fingerprint density at radius 3 is 2.73 bits per heavy atom. The quantitative estimate of drug-likeness (QED) is 0.441. The Hall–Kier alpha value is -3.27. The molecule has 3 heterocycles. The zero-order valence-electron chi connectivity index (χ0n) is 16.6. The smallest absolute Gasteiger partial charge is 0.136 e. The second-order valence-corrected chi connectivity index (χ2v) is 8.38. The summed E-state index contributed by atoms with van der Waals surface area (Å²) in [5.41, 5.74) is 4.55. The predicted molar refractivity (Wildman–Crippen MR) is 123 cm³/mol. The number of ether oxygens (including phenoxy) is 1. The lowest BCUT2D eigenvalue weighted by molar-refractivity contribution is 0.122. The molecule has 0 radical (unpaired) electrons. The third-order valence-corrected chi connectivity index (χ3v) is 6.31. The van der Waals surface area contributed by atoms with E-state index in [4.69, 9.17) is 9.72 Å². The molecule has 1 aliphatic heterocycles. The Labute approximate surface area is 178 Å². The van der Waals surface area contributed by atoms with E-state index in [0.717, 1.165) is 50.6 Å². The molecule has 5 nitrogen and oxygen atoms in total. The average Bonchev–Trinajstić information content (AvgIpc) is 3.21. The first kappa shape index (κ1) is 18.7. The second kappa shape index (κ2) is 7.86. The van der Waals surface area contributed by atoms with E-state index in [1.807, 2.05) is 30.3 Å². The van der Waals surface area contributed by atoms with Gasteiger partial charge in [0.1, 0.15) is 16.9 Å². The second-order valence-electron chi connectivity index (χ2n) is 7.35. The van der Waals surface area contributed by atoms with Crippen LogP contribution >= 0.6 is 11.3 Å². The molecule has 0 spiro atoms. The number of fused-ring (bicyclic) bond motifs is 2. The molecule has 0 N–H and O–H groups in total. The van der Waals surface area contributed by atoms with Crippen molar-refractivity contribution in [3.8, 4) is 6.07 Å². The number of hydrogen-bond donors (Lipinski definition) is 0. The van der Waals surface area contributed by atoms with Crippen molar-refractivity contribution in [1.29, 1.82) is 5.26 Å². The highest BCUT2D eigenvalue weighted by atomic mass is 32.1. The van der Waals surface area contributed by atoms with Gasteiger partial charge >= 0.3 is 0 Å². The molecule has 1 aliphatic rings. The fourth-order valence-corrected chi connectivity index (χ4v) is 4.63. The molecule has 0 amide bonds. The van der Waals surface area contributed by atoms with Gasteiger partial charge in [0.2, 0.25) is 0 Å². The third-order valence-electron chi connectivity index (χ3n) is 5.24. The van der Waals surface area contributed by atoms with Crippen LogP contribution in [0.1, 0.15) is 16.1 Å². The Kier molecular flexibility index (Phi) is 4.91. The van der Waals surface area contributed by atoms with Crippen molar-refractivity contribution in [2.45, 2.75) is 6.92 Å². The highest BCUT2D eigenvalue weighted by Gasteiger charge is 2.18. The number of nitriles is 1. The summed E-state index contributed by atoms with van der Waals surface area (Å²) in [6, 6.07) is 18.7. The minimum Gasteiger partial charge on any atom is -0.378 e. The van der Waals surface area contributed by atoms with E-state index in [-0.39, 0.29) is 0 Å². The summed E-state index contributed by atoms with van der Waals surface area (Å²) in [6.07, 6.45) is 1.93. The topological polar surface area (TPSA) is 62.0 Å². The molecule has 30 heavy (non-hydrogen) atoms. The number of anilines is 1. The minimum atomic E-state index is 0.555. The van der Waals surface area contributed by atoms with Crippen molar-refractivity contribution in [3.63, 3.8) is 0 Å². The van der Waals surface area contributed by atoms with Crippen LogP contribution in [-0.2, 0) is 4.74 Å². The number of aromatic nitrogens is 2. The van der Waals surface area contributed by atoms with Crippen LogP contribution in [0, 0.1) is 18.3 Å². The number of para-hydroxylation sites is 1. The van der Waals surface area contributed by atoms with E-state index in [1.54, 1.807) is 11.3 Å². The number of nitrogens with zero attached hydrogens (tertiary/aromatic N) is 4. The Morgan fingerprint density at radius 2 is 1.93 bits per heavy atom. The van der Waals surface area contributed by atoms with Gasteiger partial charge in [-0.1, -0.05) is 24.3 Å². The Balaban J connectivity index is 1.66. The molecule has 0 atom stereocenters. The molecular weight excluding hydrogens is 392 g/mol. The molecule has 2 aromatic heterocycles. The first-order valence-electron chi connectivity index (χ1n) is 9.93. The van der Waals surface area contributed by atoms with E-state index in [9.17, 15) is 5.26 Å². The SMILES string of the molecule is Cc1ccc2cc(C=C(C#N)c3nc4ccccc4s3)c(N3CCOCC3)nc2c1. The number of morpholine rings is 1. The molecule has 4 aromatic rings. The first-order valence-corrected chi connectivity index (χ1v) is 10.7. The lowest BCUT2D eigenvalue weighted by atomic mass is 10.1. The number of benzene rings is 2. The normalized spacial score (nSPS) is 14.9. The van der Waals surface area contributed by atoms with Crippen LogP contribution in [0.25, 0.3) is 32.8 Å². The van der Waals surface area contributed by atoms with Gasteiger partial charge in [0.05, 0.1) is 34.5 Å². The first-order chi connectivity index (χ1) is 14.7. The van der Waals surface area contributed by atoms with Crippen molar-refractivity contribution in [1.82, 2.24) is 9.97 Å². The molecule has 6 heteroatoms. The average molecular weight is 413 g/mol.